The quantitative estimate of drug-likeness (QED) is 0.329. The summed E-state index contributed by atoms with van der Waals surface area (Å²) in [5, 5.41) is 12.5. The van der Waals surface area contributed by atoms with Crippen LogP contribution in [0, 0.1) is 5.82 Å². The highest BCUT2D eigenvalue weighted by molar-refractivity contribution is 14.0. The molecule has 0 spiro atoms. The van der Waals surface area contributed by atoms with E-state index in [0.29, 0.717) is 18.7 Å². The van der Waals surface area contributed by atoms with Gasteiger partial charge < -0.3 is 20.1 Å². The summed E-state index contributed by atoms with van der Waals surface area (Å²) < 4.78 is 19.3. The topological polar surface area (TPSA) is 60.3 Å². The highest BCUT2D eigenvalue weighted by Gasteiger charge is 2.19. The van der Waals surface area contributed by atoms with Gasteiger partial charge in [-0.2, -0.15) is 0 Å². The molecule has 2 aromatic rings. The van der Waals surface area contributed by atoms with Crippen molar-refractivity contribution < 1.29 is 14.2 Å². The minimum absolute atomic E-state index is 0. The van der Waals surface area contributed by atoms with Gasteiger partial charge in [0.2, 0.25) is 0 Å². The van der Waals surface area contributed by atoms with Crippen LogP contribution in [0.25, 0.3) is 0 Å². The average Bonchev–Trinajstić information content (AvgIpc) is 2.77. The maximum atomic E-state index is 13.5. The molecule has 2 N–H and O–H groups in total. The third-order valence-corrected chi connectivity index (χ3v) is 5.03. The summed E-state index contributed by atoms with van der Waals surface area (Å²) in [5.41, 5.74) is 1.22. The second-order valence-electron chi connectivity index (χ2n) is 6.97. The molecule has 1 saturated heterocycles. The van der Waals surface area contributed by atoms with E-state index in [0.717, 1.165) is 50.0 Å². The zero-order valence-corrected chi connectivity index (χ0v) is 19.6. The molecule has 0 amide bonds. The minimum atomic E-state index is -0.381. The fourth-order valence-corrected chi connectivity index (χ4v) is 3.37. The fourth-order valence-electron chi connectivity index (χ4n) is 3.37. The Bertz CT molecular complexity index is 799. The molecule has 6 nitrogen and oxygen atoms in total. The summed E-state index contributed by atoms with van der Waals surface area (Å²) in [6.07, 6.45) is 0. The maximum Gasteiger partial charge on any atom is 0.194 e. The first-order valence-corrected chi connectivity index (χ1v) is 9.93. The van der Waals surface area contributed by atoms with Gasteiger partial charge in [-0.1, -0.05) is 24.3 Å². The second-order valence-corrected chi connectivity index (χ2v) is 6.97. The highest BCUT2D eigenvalue weighted by Crippen LogP contribution is 2.11. The molecule has 2 aromatic carbocycles. The van der Waals surface area contributed by atoms with Gasteiger partial charge in [-0.15, -0.1) is 24.0 Å². The Hall–Kier alpha value is -1.91. The van der Waals surface area contributed by atoms with Crippen molar-refractivity contribution in [3.63, 3.8) is 0 Å². The molecule has 30 heavy (non-hydrogen) atoms. The van der Waals surface area contributed by atoms with E-state index in [1.54, 1.807) is 19.2 Å². The Morgan fingerprint density at radius 3 is 2.53 bits per heavy atom. The number of hydrogen-bond donors (Lipinski definition) is 2. The number of guanidine groups is 1. The lowest BCUT2D eigenvalue weighted by molar-refractivity contribution is 0.152. The predicted molar refractivity (Wildman–Crippen MR) is 128 cm³/mol. The largest absolute Gasteiger partial charge is 0.492 e. The molecule has 1 aliphatic rings. The van der Waals surface area contributed by atoms with E-state index >= 15 is 0 Å². The number of nitrogens with zero attached hydrogens (tertiary/aromatic N) is 3. The van der Waals surface area contributed by atoms with Crippen molar-refractivity contribution >= 4 is 29.9 Å². The van der Waals surface area contributed by atoms with Crippen molar-refractivity contribution in [2.45, 2.75) is 13.2 Å². The van der Waals surface area contributed by atoms with Gasteiger partial charge in [-0.05, 0) is 29.8 Å². The van der Waals surface area contributed by atoms with E-state index in [1.165, 1.54) is 6.07 Å². The van der Waals surface area contributed by atoms with Crippen LogP contribution in [-0.2, 0) is 13.2 Å². The molecule has 8 heteroatoms. The van der Waals surface area contributed by atoms with Crippen LogP contribution in [0.2, 0.25) is 0 Å². The van der Waals surface area contributed by atoms with E-state index in [2.05, 4.69) is 20.1 Å². The number of aliphatic hydroxyl groups is 1. The van der Waals surface area contributed by atoms with Gasteiger partial charge in [0.25, 0.3) is 0 Å². The summed E-state index contributed by atoms with van der Waals surface area (Å²) in [5.74, 6) is 1.36. The molecular formula is C22H30FIN4O2. The first-order valence-electron chi connectivity index (χ1n) is 9.93. The van der Waals surface area contributed by atoms with Gasteiger partial charge in [0.05, 0.1) is 6.61 Å². The van der Waals surface area contributed by atoms with Crippen LogP contribution in [0.15, 0.2) is 53.5 Å². The van der Waals surface area contributed by atoms with Crippen molar-refractivity contribution in [1.82, 2.24) is 15.1 Å². The average molecular weight is 528 g/mol. The lowest BCUT2D eigenvalue weighted by Crippen LogP contribution is -2.52. The molecule has 0 unspecified atom stereocenters. The monoisotopic (exact) mass is 528 g/mol. The molecule has 0 aromatic heterocycles. The summed E-state index contributed by atoms with van der Waals surface area (Å²) in [4.78, 5) is 8.99. The van der Waals surface area contributed by atoms with Crippen LogP contribution in [0.5, 0.6) is 5.75 Å². The summed E-state index contributed by atoms with van der Waals surface area (Å²) in [6, 6.07) is 14.7. The number of nitrogens with one attached hydrogen (secondary N) is 1. The molecular weight excluding hydrogens is 498 g/mol. The number of piperazine rings is 1. The number of hydrogen-bond acceptors (Lipinski definition) is 4. The van der Waals surface area contributed by atoms with Gasteiger partial charge in [0, 0.05) is 51.9 Å². The van der Waals surface area contributed by atoms with E-state index in [4.69, 9.17) is 4.74 Å². The normalized spacial score (nSPS) is 14.9. The lowest BCUT2D eigenvalue weighted by atomic mass is 10.1. The van der Waals surface area contributed by atoms with E-state index in [9.17, 15) is 9.50 Å². The molecule has 0 radical (unpaired) electrons. The van der Waals surface area contributed by atoms with Gasteiger partial charge in [0.1, 0.15) is 18.2 Å². The van der Waals surface area contributed by atoms with Crippen LogP contribution in [0.1, 0.15) is 11.1 Å². The standard InChI is InChI=1S/C22H29FN4O2.HI/c1-24-22(25-16-18-7-8-21(23)19(15-18)17-28)27-11-9-26(10-12-27)13-14-29-20-5-3-2-4-6-20;/h2-8,15,28H,9-14,16-17H2,1H3,(H,24,25);1H. The molecule has 0 saturated carbocycles. The first kappa shape index (κ1) is 24.4. The highest BCUT2D eigenvalue weighted by atomic mass is 127. The Morgan fingerprint density at radius 2 is 1.87 bits per heavy atom. The first-order chi connectivity index (χ1) is 14.2. The Kier molecular flexibility index (Phi) is 10.3. The lowest BCUT2D eigenvalue weighted by Gasteiger charge is -2.36. The van der Waals surface area contributed by atoms with Crippen LogP contribution >= 0.6 is 24.0 Å². The van der Waals surface area contributed by atoms with Crippen molar-refractivity contribution in [1.29, 1.82) is 0 Å². The van der Waals surface area contributed by atoms with E-state index in [1.807, 2.05) is 30.3 Å². The molecule has 0 atom stereocenters. The number of ether oxygens (including phenoxy) is 1. The number of aliphatic hydroxyl groups excluding tert-OH is 1. The van der Waals surface area contributed by atoms with Crippen molar-refractivity contribution in [3.05, 3.63) is 65.5 Å². The number of benzene rings is 2. The van der Waals surface area contributed by atoms with Crippen molar-refractivity contribution in [2.24, 2.45) is 4.99 Å². The smallest absolute Gasteiger partial charge is 0.194 e. The molecule has 3 rings (SSSR count). The van der Waals surface area contributed by atoms with Gasteiger partial charge in [-0.25, -0.2) is 4.39 Å². The Balaban J connectivity index is 0.00000320. The zero-order valence-electron chi connectivity index (χ0n) is 17.3. The van der Waals surface area contributed by atoms with Crippen molar-refractivity contribution in [3.8, 4) is 5.75 Å². The molecule has 1 aliphatic heterocycles. The Labute approximate surface area is 194 Å². The molecule has 164 valence electrons. The van der Waals surface area contributed by atoms with Crippen LogP contribution < -0.4 is 10.1 Å². The maximum absolute atomic E-state index is 13.5. The summed E-state index contributed by atoms with van der Waals surface area (Å²) in [7, 11) is 1.77. The number of rotatable bonds is 7. The second kappa shape index (κ2) is 12.7. The molecule has 0 aliphatic carbocycles. The number of aliphatic imine (C=N–C) groups is 1. The van der Waals surface area contributed by atoms with Crippen molar-refractivity contribution in [2.75, 3.05) is 46.4 Å². The number of halogens is 2. The summed E-state index contributed by atoms with van der Waals surface area (Å²) >= 11 is 0. The molecule has 0 bridgehead atoms. The van der Waals surface area contributed by atoms with E-state index < -0.39 is 0 Å². The molecule has 1 fully saturated rings. The van der Waals surface area contributed by atoms with Crippen LogP contribution in [-0.4, -0.2) is 67.2 Å². The Morgan fingerprint density at radius 1 is 1.13 bits per heavy atom. The molecule has 1 heterocycles. The third kappa shape index (κ3) is 7.10. The SMILES string of the molecule is CN=C(NCc1ccc(F)c(CO)c1)N1CCN(CCOc2ccccc2)CC1.I. The van der Waals surface area contributed by atoms with Gasteiger partial charge in [-0.3, -0.25) is 9.89 Å². The zero-order chi connectivity index (χ0) is 20.5. The minimum Gasteiger partial charge on any atom is -0.492 e. The fraction of sp³-hybridized carbons (Fsp3) is 0.409. The van der Waals surface area contributed by atoms with Gasteiger partial charge >= 0.3 is 0 Å². The number of para-hydroxylation sites is 1. The van der Waals surface area contributed by atoms with E-state index in [-0.39, 0.29) is 36.4 Å². The van der Waals surface area contributed by atoms with Crippen LogP contribution in [0.3, 0.4) is 0 Å². The van der Waals surface area contributed by atoms with Gasteiger partial charge in [0.15, 0.2) is 5.96 Å². The van der Waals surface area contributed by atoms with Crippen LogP contribution in [0.4, 0.5) is 4.39 Å². The summed E-state index contributed by atoms with van der Waals surface area (Å²) in [6.45, 7) is 5.47. The predicted octanol–water partition coefficient (Wildman–Crippen LogP) is 2.71. The third-order valence-electron chi connectivity index (χ3n) is 5.03.